The van der Waals surface area contributed by atoms with Gasteiger partial charge in [0, 0.05) is 89.7 Å². The molecule has 702 valence electrons. The van der Waals surface area contributed by atoms with Crippen molar-refractivity contribution in [3.63, 3.8) is 0 Å². The lowest BCUT2D eigenvalue weighted by atomic mass is 10.0. The molecule has 6 rings (SSSR count). The average Bonchev–Trinajstić information content (AvgIpc) is 1.28. The largest absolute Gasteiger partial charge is 0.507 e. The van der Waals surface area contributed by atoms with Gasteiger partial charge in [0.15, 0.2) is 5.78 Å². The number of halogens is 1. The number of phenols is 5. The van der Waals surface area contributed by atoms with Crippen molar-refractivity contribution in [1.82, 2.24) is 26.2 Å². The van der Waals surface area contributed by atoms with Crippen molar-refractivity contribution in [2.45, 2.75) is 291 Å². The molecule has 6 aromatic carbocycles. The summed E-state index contributed by atoms with van der Waals surface area (Å²) in [6.45, 7) is 11.6. The van der Waals surface area contributed by atoms with Crippen LogP contribution in [0.25, 0.3) is 0 Å². The Morgan fingerprint density at radius 3 is 0.992 bits per heavy atom. The lowest BCUT2D eigenvalue weighted by molar-refractivity contribution is -0.138. The number of Topliss-reactive ketones (excluding diaryl/α,β-unsaturated/α-hetero) is 4. The highest BCUT2D eigenvalue weighted by Gasteiger charge is 2.18. The molecule has 0 heterocycles. The maximum atomic E-state index is 12.1. The molecule has 12 N–H and O–H groups in total. The zero-order valence-electron chi connectivity index (χ0n) is 76.2. The Morgan fingerprint density at radius 1 is 0.323 bits per heavy atom. The molecule has 6 aromatic rings. The molecular weight excluding hydrogens is 1640 g/mol. The van der Waals surface area contributed by atoms with E-state index in [1.807, 2.05) is 19.1 Å². The molecule has 0 spiro atoms. The number of phenolic OH excluding ortho intramolecular Hbond substituents is 5. The van der Waals surface area contributed by atoms with E-state index in [0.717, 1.165) is 217 Å². The summed E-state index contributed by atoms with van der Waals surface area (Å²) in [5, 5.41) is 85.4. The highest BCUT2D eigenvalue weighted by Crippen LogP contribution is 2.27. The molecule has 0 aliphatic heterocycles. The third-order valence-electron chi connectivity index (χ3n) is 20.4. The number of para-hydroxylation sites is 4. The Kier molecular flexibility index (Phi) is 64.5. The third-order valence-corrected chi connectivity index (χ3v) is 20.6. The summed E-state index contributed by atoms with van der Waals surface area (Å²) in [5.74, 6) is -1.88. The van der Waals surface area contributed by atoms with Gasteiger partial charge in [-0.3, -0.25) is 43.2 Å². The predicted octanol–water partition coefficient (Wildman–Crippen LogP) is 20.7. The van der Waals surface area contributed by atoms with Crippen LogP contribution in [0.1, 0.15) is 351 Å². The minimum Gasteiger partial charge on any atom is -0.507 e. The summed E-state index contributed by atoms with van der Waals surface area (Å²) >= 11 is 5.80. The Morgan fingerprint density at radius 2 is 0.630 bits per heavy atom. The Hall–Kier alpha value is -11.2. The zero-order chi connectivity index (χ0) is 94.4. The van der Waals surface area contributed by atoms with Crippen LogP contribution in [0, 0.1) is 13.8 Å². The monoisotopic (exact) mass is 1790 g/mol. The predicted molar refractivity (Wildman–Crippen MR) is 498 cm³/mol. The van der Waals surface area contributed by atoms with Crippen LogP contribution in [0.3, 0.4) is 0 Å². The number of carboxylic acid groups (broad SMARTS) is 3. The topological polar surface area (TPSA) is 427 Å². The van der Waals surface area contributed by atoms with Gasteiger partial charge in [0.05, 0.1) is 40.5 Å². The number of aromatic hydroxyl groups is 5. The van der Waals surface area contributed by atoms with E-state index in [1.54, 1.807) is 126 Å². The van der Waals surface area contributed by atoms with Crippen LogP contribution in [0.5, 0.6) is 34.5 Å². The van der Waals surface area contributed by atoms with Crippen molar-refractivity contribution in [2.75, 3.05) is 46.9 Å². The van der Waals surface area contributed by atoms with E-state index in [1.165, 1.54) is 36.4 Å². The standard InChI is InChI=1S/C18H26O3.2C17H25NO4.C16H22ClNO3.C16H23NO4.C16H23NO3/c1-14-10-9-12-16(18(14)21)17(20)13-8-6-4-3-5-7-11-15(2)19;1-13-9-10-14(15(12-13)22-2)17(21)18-11-7-5-3-4-6-8-16(19)20;19-15-11-8-7-10-14(15)17(22)18-13-9-5-3-1-2-4-6-12-16(20)21;1-12(19)7-5-3-2-4-6-10-18-16(21)14-11-13(17)8-9-15(14)20;1-17(12-8-4-2-3-5-11-15(19)20)16(21)13-9-6-7-10-14(13)18;1-13(18)9-5-3-2-4-8-12-17-16(20)14-10-6-7-11-15(14)19/h9-10,12,21H,3-8,11,13H2,1-2H3;9-10,12H,3-8,11H2,1-2H3,(H,18,21)(H,19,20);7-8,10-11,19H,1-6,9,12-13H2,(H,18,22)(H,20,21);8-9,11,20H,2-7,10H2,1H3,(H,18,21);6-7,9-10,18H,2-5,8,11-12H2,1H3,(H,19,20);6-7,10-11,19H,2-5,8-9,12H2,1H3,(H,17,20). The number of carbonyl (C=O) groups excluding carboxylic acids is 9. The van der Waals surface area contributed by atoms with Crippen molar-refractivity contribution in [2.24, 2.45) is 0 Å². The van der Waals surface area contributed by atoms with Crippen molar-refractivity contribution in [1.29, 1.82) is 0 Å². The normalized spacial score (nSPS) is 10.4. The Balaban J connectivity index is 0.000000762. The van der Waals surface area contributed by atoms with Gasteiger partial charge in [-0.05, 0) is 196 Å². The maximum absolute atomic E-state index is 12.1. The summed E-state index contributed by atoms with van der Waals surface area (Å²) in [6.07, 6.45) is 35.3. The molecule has 0 saturated heterocycles. The van der Waals surface area contributed by atoms with Crippen LogP contribution in [0.2, 0.25) is 5.02 Å². The van der Waals surface area contributed by atoms with Gasteiger partial charge in [-0.15, -0.1) is 0 Å². The van der Waals surface area contributed by atoms with E-state index in [-0.39, 0.29) is 106 Å². The fourth-order valence-electron chi connectivity index (χ4n) is 13.0. The second-order valence-electron chi connectivity index (χ2n) is 31.8. The number of hydrogen-bond acceptors (Lipinski definition) is 18. The van der Waals surface area contributed by atoms with Crippen molar-refractivity contribution >= 4 is 82.2 Å². The number of aryl methyl sites for hydroxylation is 2. The number of benzene rings is 6. The van der Waals surface area contributed by atoms with Gasteiger partial charge < -0.3 is 86.1 Å². The maximum Gasteiger partial charge on any atom is 0.303 e. The smallest absolute Gasteiger partial charge is 0.303 e. The van der Waals surface area contributed by atoms with Gasteiger partial charge in [-0.1, -0.05) is 201 Å². The molecule has 0 atom stereocenters. The molecule has 5 amide bonds. The van der Waals surface area contributed by atoms with Crippen molar-refractivity contribution in [3.8, 4) is 34.5 Å². The molecule has 0 saturated carbocycles. The molecule has 0 unspecified atom stereocenters. The number of hydrogen-bond donors (Lipinski definition) is 12. The number of nitrogens with one attached hydrogen (secondary N) is 4. The molecule has 0 bridgehead atoms. The number of amides is 5. The van der Waals surface area contributed by atoms with E-state index in [2.05, 4.69) is 21.3 Å². The third kappa shape index (κ3) is 58.0. The van der Waals surface area contributed by atoms with Gasteiger partial charge in [0.25, 0.3) is 29.5 Å². The lowest BCUT2D eigenvalue weighted by Crippen LogP contribution is -2.27. The fraction of sp³-hybridized carbons (Fsp3) is 0.520. The molecule has 0 aromatic heterocycles. The molecule has 127 heavy (non-hydrogen) atoms. The number of rotatable bonds is 58. The number of ether oxygens (including phenoxy) is 1. The first-order valence-electron chi connectivity index (χ1n) is 45.1. The van der Waals surface area contributed by atoms with Crippen LogP contribution in [-0.4, -0.2) is 163 Å². The van der Waals surface area contributed by atoms with Gasteiger partial charge in [-0.25, -0.2) is 0 Å². The van der Waals surface area contributed by atoms with Gasteiger partial charge >= 0.3 is 17.9 Å². The first-order chi connectivity index (χ1) is 60.8. The summed E-state index contributed by atoms with van der Waals surface area (Å²) in [5.41, 5.74) is 3.92. The average molecular weight is 1790 g/mol. The number of nitrogens with zero attached hydrogens (tertiary/aromatic N) is 1. The molecule has 0 radical (unpaired) electrons. The minimum atomic E-state index is -0.747. The molecule has 0 aliphatic carbocycles. The second-order valence-corrected chi connectivity index (χ2v) is 32.2. The summed E-state index contributed by atoms with van der Waals surface area (Å²) in [6, 6.07) is 34.7. The fourth-order valence-corrected chi connectivity index (χ4v) is 13.1. The number of unbranched alkanes of at least 4 members (excludes halogenated alkanes) is 27. The van der Waals surface area contributed by atoms with Crippen LogP contribution in [-0.2, 0) is 28.8 Å². The first-order valence-corrected chi connectivity index (χ1v) is 45.5. The first kappa shape index (κ1) is 114. The van der Waals surface area contributed by atoms with Crippen molar-refractivity contribution < 1.29 is 103 Å². The number of carbonyl (C=O) groups is 12. The van der Waals surface area contributed by atoms with Gasteiger partial charge in [0.2, 0.25) is 0 Å². The van der Waals surface area contributed by atoms with Gasteiger partial charge in [0.1, 0.15) is 51.8 Å². The number of methoxy groups -OCH3 is 1. The van der Waals surface area contributed by atoms with Crippen LogP contribution < -0.4 is 26.0 Å². The molecule has 26 nitrogen and oxygen atoms in total. The van der Waals surface area contributed by atoms with Crippen LogP contribution >= 0.6 is 11.6 Å². The second kappa shape index (κ2) is 71.9. The highest BCUT2D eigenvalue weighted by molar-refractivity contribution is 6.31. The highest BCUT2D eigenvalue weighted by atomic mass is 35.5. The van der Waals surface area contributed by atoms with Crippen LogP contribution in [0.4, 0.5) is 0 Å². The quantitative estimate of drug-likeness (QED) is 0.0125. The molecule has 0 fully saturated rings. The lowest BCUT2D eigenvalue weighted by Gasteiger charge is -2.17. The molecular formula is C100H144ClN5O21. The van der Waals surface area contributed by atoms with E-state index >= 15 is 0 Å². The molecule has 0 aliphatic rings. The summed E-state index contributed by atoms with van der Waals surface area (Å²) in [4.78, 5) is 137. The van der Waals surface area contributed by atoms with E-state index in [4.69, 9.17) is 31.7 Å². The van der Waals surface area contributed by atoms with E-state index < -0.39 is 17.9 Å². The SMILES string of the molecule is CC(=O)CCCCCCCCC(=O)c1cccc(C)c1O.CC(=O)CCCCCCCNC(=O)c1cc(Cl)ccc1O.CC(=O)CCCCCCCNC(=O)c1ccccc1O.CN(CCCCCCCC(=O)O)C(=O)c1ccccc1O.COc1cc(C)ccc1C(=O)NCCCCCCCC(=O)O.O=C(O)CCCCCCCCCNC(=O)c1ccccc1O. The number of ketones is 4. The zero-order valence-corrected chi connectivity index (χ0v) is 76.9. The minimum absolute atomic E-state index is 0.00126. The Labute approximate surface area is 757 Å². The summed E-state index contributed by atoms with van der Waals surface area (Å²) < 4.78 is 5.23. The Bertz CT molecular complexity index is 4190. The number of carboxylic acids is 3. The van der Waals surface area contributed by atoms with E-state index in [0.29, 0.717) is 103 Å². The van der Waals surface area contributed by atoms with E-state index in [9.17, 15) is 83.1 Å². The summed E-state index contributed by atoms with van der Waals surface area (Å²) in [7, 11) is 3.28. The van der Waals surface area contributed by atoms with Gasteiger partial charge in [-0.2, -0.15) is 0 Å². The van der Waals surface area contributed by atoms with Crippen LogP contribution in [0.15, 0.2) is 127 Å². The van der Waals surface area contributed by atoms with Crippen molar-refractivity contribution in [3.05, 3.63) is 177 Å². The molecule has 27 heteroatoms. The number of aliphatic carboxylic acids is 3.